The van der Waals surface area contributed by atoms with Gasteiger partial charge in [-0.2, -0.15) is 5.26 Å². The molecule has 2 heterocycles. The average molecular weight is 300 g/mol. The van der Waals surface area contributed by atoms with Crippen molar-refractivity contribution in [2.45, 2.75) is 41.0 Å². The van der Waals surface area contributed by atoms with Gasteiger partial charge in [-0.3, -0.25) is 9.20 Å². The third kappa shape index (κ3) is 3.11. The summed E-state index contributed by atoms with van der Waals surface area (Å²) in [5, 5.41) is 9.27. The van der Waals surface area contributed by atoms with Crippen LogP contribution in [0, 0.1) is 18.3 Å². The highest BCUT2D eigenvalue weighted by molar-refractivity contribution is 5.60. The summed E-state index contributed by atoms with van der Waals surface area (Å²) in [5.74, 6) is 0.457. The Morgan fingerprint density at radius 2 is 2.00 bits per heavy atom. The maximum Gasteiger partial charge on any atom is 0.278 e. The average Bonchev–Trinajstić information content (AvgIpc) is 2.55. The van der Waals surface area contributed by atoms with Crippen LogP contribution >= 0.6 is 0 Å². The van der Waals surface area contributed by atoms with Crippen molar-refractivity contribution in [2.24, 2.45) is 0 Å². The Bertz CT molecular complexity index is 756. The van der Waals surface area contributed by atoms with Crippen molar-refractivity contribution in [3.63, 3.8) is 0 Å². The summed E-state index contributed by atoms with van der Waals surface area (Å²) in [4.78, 5) is 18.9. The Morgan fingerprint density at radius 1 is 1.36 bits per heavy atom. The number of anilines is 1. The monoisotopic (exact) mass is 300 g/mol. The van der Waals surface area contributed by atoms with Crippen molar-refractivity contribution in [1.29, 1.82) is 5.26 Å². The molecule has 0 bridgehead atoms. The van der Waals surface area contributed by atoms with Crippen molar-refractivity contribution < 1.29 is 0 Å². The molecule has 0 saturated carbocycles. The molecule has 0 aliphatic heterocycles. The number of pyridine rings is 1. The van der Waals surface area contributed by atoms with E-state index in [1.807, 2.05) is 58.7 Å². The zero-order valence-electron chi connectivity index (χ0n) is 14.3. The van der Waals surface area contributed by atoms with Gasteiger partial charge in [-0.05, 0) is 31.4 Å². The lowest BCUT2D eigenvalue weighted by atomic mass is 10.1. The second-order valence-corrected chi connectivity index (χ2v) is 4.83. The van der Waals surface area contributed by atoms with Gasteiger partial charge in [0.15, 0.2) is 11.4 Å². The summed E-state index contributed by atoms with van der Waals surface area (Å²) in [6, 6.07) is 4.02. The van der Waals surface area contributed by atoms with Crippen LogP contribution in [0.3, 0.4) is 0 Å². The zero-order chi connectivity index (χ0) is 16.9. The van der Waals surface area contributed by atoms with Gasteiger partial charge in [0.2, 0.25) is 0 Å². The van der Waals surface area contributed by atoms with E-state index in [1.54, 1.807) is 6.20 Å². The summed E-state index contributed by atoms with van der Waals surface area (Å²) in [7, 11) is 1.83. The summed E-state index contributed by atoms with van der Waals surface area (Å²) in [6.45, 7) is 10.6. The Kier molecular flexibility index (Phi) is 6.11. The van der Waals surface area contributed by atoms with E-state index in [0.29, 0.717) is 18.0 Å². The maximum atomic E-state index is 12.5. The molecule has 0 aromatic carbocycles. The molecule has 0 atom stereocenters. The molecule has 0 radical (unpaired) electrons. The fourth-order valence-corrected chi connectivity index (χ4v) is 2.23. The first-order valence-electron chi connectivity index (χ1n) is 7.70. The van der Waals surface area contributed by atoms with E-state index in [-0.39, 0.29) is 11.1 Å². The van der Waals surface area contributed by atoms with Gasteiger partial charge in [0.25, 0.3) is 5.56 Å². The van der Waals surface area contributed by atoms with Crippen LogP contribution in [0.15, 0.2) is 17.1 Å². The summed E-state index contributed by atoms with van der Waals surface area (Å²) in [5.41, 5.74) is 2.43. The molecule has 118 valence electrons. The molecule has 0 aliphatic rings. The lowest BCUT2D eigenvalue weighted by Crippen LogP contribution is -2.27. The zero-order valence-corrected chi connectivity index (χ0v) is 14.3. The highest BCUT2D eigenvalue weighted by Gasteiger charge is 2.16. The third-order valence-corrected chi connectivity index (χ3v) is 3.45. The molecule has 22 heavy (non-hydrogen) atoms. The third-order valence-electron chi connectivity index (χ3n) is 3.45. The minimum absolute atomic E-state index is 0.0968. The summed E-state index contributed by atoms with van der Waals surface area (Å²) in [6.07, 6.45) is 2.53. The molecule has 2 aromatic heterocycles. The minimum atomic E-state index is -0.300. The standard InChI is InChI=1S/C15H18N4O.C2H6/c1-5-11-7-10(3)9-19-13(11)17-14(18(4)6-2)12(8-16)15(19)20;1-2/h7,9H,5-6H2,1-4H3;1-2H3. The fraction of sp³-hybridized carbons (Fsp3) is 0.471. The number of nitrogens with zero attached hydrogens (tertiary/aromatic N) is 4. The van der Waals surface area contributed by atoms with E-state index in [4.69, 9.17) is 0 Å². The molecule has 0 spiro atoms. The van der Waals surface area contributed by atoms with Crippen molar-refractivity contribution in [3.8, 4) is 6.07 Å². The second kappa shape index (κ2) is 7.60. The largest absolute Gasteiger partial charge is 0.359 e. The molecule has 2 rings (SSSR count). The van der Waals surface area contributed by atoms with Gasteiger partial charge in [0, 0.05) is 19.8 Å². The van der Waals surface area contributed by atoms with Gasteiger partial charge in [0.1, 0.15) is 11.7 Å². The SMILES string of the molecule is CC.CCc1cc(C)cn2c(=O)c(C#N)c(N(C)CC)nc12. The Balaban J connectivity index is 0.00000116. The number of hydrogen-bond acceptors (Lipinski definition) is 4. The van der Waals surface area contributed by atoms with Crippen molar-refractivity contribution >= 4 is 11.5 Å². The fourth-order valence-electron chi connectivity index (χ4n) is 2.23. The molecule has 5 nitrogen and oxygen atoms in total. The first-order valence-corrected chi connectivity index (χ1v) is 7.70. The molecule has 0 unspecified atom stereocenters. The normalized spacial score (nSPS) is 9.86. The molecule has 0 saturated heterocycles. The van der Waals surface area contributed by atoms with Crippen LogP contribution in [0.25, 0.3) is 5.65 Å². The predicted octanol–water partition coefficient (Wildman–Crippen LogP) is 2.92. The number of rotatable bonds is 3. The molecular formula is C17H24N4O. The van der Waals surface area contributed by atoms with Gasteiger partial charge < -0.3 is 4.90 Å². The summed E-state index contributed by atoms with van der Waals surface area (Å²) < 4.78 is 1.49. The highest BCUT2D eigenvalue weighted by Crippen LogP contribution is 2.17. The van der Waals surface area contributed by atoms with Crippen LogP contribution in [0.5, 0.6) is 0 Å². The molecular weight excluding hydrogens is 276 g/mol. The van der Waals surface area contributed by atoms with Gasteiger partial charge >= 0.3 is 0 Å². The maximum absolute atomic E-state index is 12.5. The van der Waals surface area contributed by atoms with E-state index in [9.17, 15) is 10.1 Å². The van der Waals surface area contributed by atoms with E-state index < -0.39 is 0 Å². The Morgan fingerprint density at radius 3 is 2.50 bits per heavy atom. The number of fused-ring (bicyclic) bond motifs is 1. The Labute approximate surface area is 131 Å². The molecule has 0 aliphatic carbocycles. The minimum Gasteiger partial charge on any atom is -0.359 e. The van der Waals surface area contributed by atoms with Gasteiger partial charge in [-0.25, -0.2) is 4.98 Å². The number of hydrogen-bond donors (Lipinski definition) is 0. The van der Waals surface area contributed by atoms with Gasteiger partial charge in [-0.15, -0.1) is 0 Å². The first-order chi connectivity index (χ1) is 10.5. The van der Waals surface area contributed by atoms with Crippen LogP contribution in [0.4, 0.5) is 5.82 Å². The van der Waals surface area contributed by atoms with E-state index in [2.05, 4.69) is 4.98 Å². The number of aryl methyl sites for hydroxylation is 2. The van der Waals surface area contributed by atoms with Crippen molar-refractivity contribution in [1.82, 2.24) is 9.38 Å². The second-order valence-electron chi connectivity index (χ2n) is 4.83. The molecule has 2 aromatic rings. The van der Waals surface area contributed by atoms with E-state index in [0.717, 1.165) is 17.5 Å². The smallest absolute Gasteiger partial charge is 0.278 e. The van der Waals surface area contributed by atoms with E-state index >= 15 is 0 Å². The van der Waals surface area contributed by atoms with Crippen LogP contribution in [0.2, 0.25) is 0 Å². The molecule has 0 amide bonds. The van der Waals surface area contributed by atoms with Gasteiger partial charge in [-0.1, -0.05) is 26.8 Å². The van der Waals surface area contributed by atoms with E-state index in [1.165, 1.54) is 4.40 Å². The molecule has 0 N–H and O–H groups in total. The van der Waals surface area contributed by atoms with Crippen molar-refractivity contribution in [2.75, 3.05) is 18.5 Å². The highest BCUT2D eigenvalue weighted by atomic mass is 16.1. The van der Waals surface area contributed by atoms with Crippen LogP contribution in [0.1, 0.15) is 44.4 Å². The number of aromatic nitrogens is 2. The molecule has 0 fully saturated rings. The lowest BCUT2D eigenvalue weighted by Gasteiger charge is -2.18. The molecule has 5 heteroatoms. The predicted molar refractivity (Wildman–Crippen MR) is 90.6 cm³/mol. The quantitative estimate of drug-likeness (QED) is 0.874. The lowest BCUT2D eigenvalue weighted by molar-refractivity contribution is 0.905. The van der Waals surface area contributed by atoms with Crippen LogP contribution < -0.4 is 10.5 Å². The van der Waals surface area contributed by atoms with Crippen LogP contribution in [-0.4, -0.2) is 23.0 Å². The summed E-state index contributed by atoms with van der Waals surface area (Å²) >= 11 is 0. The van der Waals surface area contributed by atoms with Gasteiger partial charge in [0.05, 0.1) is 0 Å². The Hall–Kier alpha value is -2.35. The van der Waals surface area contributed by atoms with Crippen molar-refractivity contribution in [3.05, 3.63) is 39.3 Å². The number of nitriles is 1. The van der Waals surface area contributed by atoms with Crippen LogP contribution in [-0.2, 0) is 6.42 Å². The first kappa shape index (κ1) is 17.7. The topological polar surface area (TPSA) is 61.4 Å².